The maximum absolute atomic E-state index is 11.8. The lowest BCUT2D eigenvalue weighted by Crippen LogP contribution is -2.09. The number of rotatable bonds is 4. The van der Waals surface area contributed by atoms with E-state index in [1.807, 2.05) is 26.0 Å². The molecule has 0 spiro atoms. The molecular weight excluding hydrogens is 242 g/mol. The number of pyridine rings is 1. The third-order valence-electron chi connectivity index (χ3n) is 2.80. The molecule has 0 aromatic carbocycles. The number of aromatic nitrogens is 1. The average molecular weight is 259 g/mol. The third-order valence-corrected chi connectivity index (χ3v) is 2.80. The highest BCUT2D eigenvalue weighted by Crippen LogP contribution is 2.22. The first kappa shape index (κ1) is 13.3. The van der Waals surface area contributed by atoms with Crippen LogP contribution in [-0.2, 0) is 11.2 Å². The number of carbonyl (C=O) groups excluding carboxylic acids is 1. The second-order valence-electron chi connectivity index (χ2n) is 4.18. The van der Waals surface area contributed by atoms with Crippen molar-refractivity contribution in [2.45, 2.75) is 27.2 Å². The molecule has 0 aliphatic carbocycles. The van der Waals surface area contributed by atoms with Crippen molar-refractivity contribution in [1.29, 1.82) is 0 Å². The maximum Gasteiger partial charge on any atom is 0.339 e. The van der Waals surface area contributed by atoms with Crippen LogP contribution in [0.15, 0.2) is 28.7 Å². The molecule has 2 aromatic heterocycles. The average Bonchev–Trinajstić information content (AvgIpc) is 2.85. The fourth-order valence-corrected chi connectivity index (χ4v) is 1.87. The van der Waals surface area contributed by atoms with E-state index in [1.54, 1.807) is 19.1 Å². The van der Waals surface area contributed by atoms with Crippen molar-refractivity contribution in [2.75, 3.05) is 6.61 Å². The number of aryl methyl sites for hydroxylation is 2. The van der Waals surface area contributed by atoms with Crippen LogP contribution in [0.1, 0.15) is 35.7 Å². The number of ether oxygens (including phenoxy) is 1. The van der Waals surface area contributed by atoms with Crippen LogP contribution in [0.25, 0.3) is 11.5 Å². The molecule has 19 heavy (non-hydrogen) atoms. The van der Waals surface area contributed by atoms with Gasteiger partial charge in [-0.15, -0.1) is 0 Å². The van der Waals surface area contributed by atoms with Crippen molar-refractivity contribution in [2.24, 2.45) is 0 Å². The molecule has 0 unspecified atom stereocenters. The first-order valence-corrected chi connectivity index (χ1v) is 6.39. The van der Waals surface area contributed by atoms with Crippen molar-refractivity contribution in [3.8, 4) is 11.5 Å². The summed E-state index contributed by atoms with van der Waals surface area (Å²) < 4.78 is 10.6. The quantitative estimate of drug-likeness (QED) is 0.790. The smallest absolute Gasteiger partial charge is 0.339 e. The Morgan fingerprint density at radius 2 is 2.05 bits per heavy atom. The zero-order valence-electron chi connectivity index (χ0n) is 11.4. The van der Waals surface area contributed by atoms with Gasteiger partial charge in [-0.2, -0.15) is 0 Å². The number of furan rings is 1. The number of hydrogen-bond acceptors (Lipinski definition) is 4. The van der Waals surface area contributed by atoms with Crippen LogP contribution in [0.2, 0.25) is 0 Å². The van der Waals surface area contributed by atoms with E-state index in [9.17, 15) is 4.79 Å². The summed E-state index contributed by atoms with van der Waals surface area (Å²) in [6.45, 7) is 6.00. The Morgan fingerprint density at radius 1 is 1.26 bits per heavy atom. The molecule has 0 saturated heterocycles. The molecule has 4 nitrogen and oxygen atoms in total. The number of nitrogens with zero attached hydrogens (tertiary/aromatic N) is 1. The molecule has 4 heteroatoms. The van der Waals surface area contributed by atoms with Crippen LogP contribution < -0.4 is 0 Å². The molecule has 0 aliphatic heterocycles. The molecule has 2 rings (SSSR count). The summed E-state index contributed by atoms with van der Waals surface area (Å²) in [6, 6.07) is 7.30. The molecular formula is C15H17NO3. The molecule has 2 heterocycles. The second kappa shape index (κ2) is 5.69. The lowest BCUT2D eigenvalue weighted by atomic mass is 10.1. The fourth-order valence-electron chi connectivity index (χ4n) is 1.87. The van der Waals surface area contributed by atoms with E-state index in [-0.39, 0.29) is 5.97 Å². The van der Waals surface area contributed by atoms with Gasteiger partial charge in [0.2, 0.25) is 0 Å². The lowest BCUT2D eigenvalue weighted by Gasteiger charge is -2.07. The third kappa shape index (κ3) is 2.84. The van der Waals surface area contributed by atoms with Gasteiger partial charge in [-0.3, -0.25) is 0 Å². The summed E-state index contributed by atoms with van der Waals surface area (Å²) in [5.41, 5.74) is 1.99. The van der Waals surface area contributed by atoms with Gasteiger partial charge in [0.25, 0.3) is 0 Å². The van der Waals surface area contributed by atoms with Crippen LogP contribution in [0.3, 0.4) is 0 Å². The van der Waals surface area contributed by atoms with Crippen molar-refractivity contribution in [3.05, 3.63) is 41.3 Å². The first-order valence-electron chi connectivity index (χ1n) is 6.39. The SMILES string of the molecule is CCOC(=O)c1ccc(-c2ccc(C)o2)nc1CC. The van der Waals surface area contributed by atoms with Gasteiger partial charge in [-0.25, -0.2) is 9.78 Å². The second-order valence-corrected chi connectivity index (χ2v) is 4.18. The Labute approximate surface area is 112 Å². The Hall–Kier alpha value is -2.10. The maximum atomic E-state index is 11.8. The summed E-state index contributed by atoms with van der Waals surface area (Å²) in [6.07, 6.45) is 0.668. The molecule has 2 aromatic rings. The molecule has 0 N–H and O–H groups in total. The fraction of sp³-hybridized carbons (Fsp3) is 0.333. The molecule has 0 bridgehead atoms. The highest BCUT2D eigenvalue weighted by molar-refractivity contribution is 5.91. The molecule has 0 atom stereocenters. The van der Waals surface area contributed by atoms with E-state index in [0.29, 0.717) is 24.4 Å². The van der Waals surface area contributed by atoms with E-state index in [0.717, 1.165) is 17.1 Å². The van der Waals surface area contributed by atoms with E-state index < -0.39 is 0 Å². The van der Waals surface area contributed by atoms with Gasteiger partial charge in [0, 0.05) is 0 Å². The van der Waals surface area contributed by atoms with Crippen LogP contribution >= 0.6 is 0 Å². The Bertz CT molecular complexity index is 587. The van der Waals surface area contributed by atoms with Crippen LogP contribution in [0.4, 0.5) is 0 Å². The zero-order valence-corrected chi connectivity index (χ0v) is 11.4. The Balaban J connectivity index is 2.38. The van der Waals surface area contributed by atoms with Gasteiger partial charge in [0.1, 0.15) is 11.5 Å². The minimum Gasteiger partial charge on any atom is -0.462 e. The standard InChI is InChI=1S/C15H17NO3/c1-4-12-11(15(17)18-5-2)7-8-13(16-12)14-9-6-10(3)19-14/h6-9H,4-5H2,1-3H3. The first-order chi connectivity index (χ1) is 9.15. The normalized spacial score (nSPS) is 10.5. The van der Waals surface area contributed by atoms with Crippen molar-refractivity contribution >= 4 is 5.97 Å². The molecule has 0 aliphatic rings. The summed E-state index contributed by atoms with van der Waals surface area (Å²) in [5.74, 6) is 1.22. The summed E-state index contributed by atoms with van der Waals surface area (Å²) >= 11 is 0. The monoisotopic (exact) mass is 259 g/mol. The van der Waals surface area contributed by atoms with Crippen molar-refractivity contribution in [1.82, 2.24) is 4.98 Å². The van der Waals surface area contributed by atoms with E-state index >= 15 is 0 Å². The molecule has 0 saturated carbocycles. The van der Waals surface area contributed by atoms with Gasteiger partial charge < -0.3 is 9.15 Å². The van der Waals surface area contributed by atoms with E-state index in [2.05, 4.69) is 4.98 Å². The molecule has 100 valence electrons. The van der Waals surface area contributed by atoms with Crippen LogP contribution in [-0.4, -0.2) is 17.6 Å². The minimum absolute atomic E-state index is 0.325. The lowest BCUT2D eigenvalue weighted by molar-refractivity contribution is 0.0524. The van der Waals surface area contributed by atoms with Crippen LogP contribution in [0.5, 0.6) is 0 Å². The van der Waals surface area contributed by atoms with Gasteiger partial charge in [0.15, 0.2) is 5.76 Å². The highest BCUT2D eigenvalue weighted by Gasteiger charge is 2.14. The van der Waals surface area contributed by atoms with Crippen molar-refractivity contribution < 1.29 is 13.9 Å². The van der Waals surface area contributed by atoms with Crippen molar-refractivity contribution in [3.63, 3.8) is 0 Å². The predicted octanol–water partition coefficient (Wildman–Crippen LogP) is 3.39. The predicted molar refractivity (Wildman–Crippen MR) is 72.0 cm³/mol. The van der Waals surface area contributed by atoms with Crippen LogP contribution in [0, 0.1) is 6.92 Å². The van der Waals surface area contributed by atoms with E-state index in [1.165, 1.54) is 0 Å². The summed E-state index contributed by atoms with van der Waals surface area (Å²) in [5, 5.41) is 0. The number of carbonyl (C=O) groups is 1. The topological polar surface area (TPSA) is 52.3 Å². The highest BCUT2D eigenvalue weighted by atomic mass is 16.5. The number of hydrogen-bond donors (Lipinski definition) is 0. The van der Waals surface area contributed by atoms with Gasteiger partial charge >= 0.3 is 5.97 Å². The summed E-state index contributed by atoms with van der Waals surface area (Å²) in [7, 11) is 0. The van der Waals surface area contributed by atoms with Gasteiger partial charge in [-0.1, -0.05) is 6.92 Å². The minimum atomic E-state index is -0.325. The molecule has 0 radical (unpaired) electrons. The Kier molecular flexibility index (Phi) is 4.00. The largest absolute Gasteiger partial charge is 0.462 e. The Morgan fingerprint density at radius 3 is 2.63 bits per heavy atom. The molecule has 0 fully saturated rings. The molecule has 0 amide bonds. The zero-order chi connectivity index (χ0) is 13.8. The van der Waals surface area contributed by atoms with Gasteiger partial charge in [-0.05, 0) is 44.5 Å². The number of esters is 1. The van der Waals surface area contributed by atoms with E-state index in [4.69, 9.17) is 9.15 Å². The van der Waals surface area contributed by atoms with Gasteiger partial charge in [0.05, 0.1) is 17.9 Å². The summed E-state index contributed by atoms with van der Waals surface area (Å²) in [4.78, 5) is 16.3.